The Morgan fingerprint density at radius 2 is 1.78 bits per heavy atom. The van der Waals surface area contributed by atoms with E-state index in [9.17, 15) is 33.9 Å². The second-order valence-corrected chi connectivity index (χ2v) is 18.6. The minimum atomic E-state index is -3.12. The summed E-state index contributed by atoms with van der Waals surface area (Å²) in [4.78, 5) is 81.8. The number of amides is 3. The molecule has 2 fully saturated rings. The predicted molar refractivity (Wildman–Crippen MR) is 188 cm³/mol. The van der Waals surface area contributed by atoms with Gasteiger partial charge in [-0.2, -0.15) is 0 Å². The van der Waals surface area contributed by atoms with Crippen molar-refractivity contribution in [1.29, 1.82) is 0 Å². The van der Waals surface area contributed by atoms with E-state index in [0.717, 1.165) is 11.1 Å². The summed E-state index contributed by atoms with van der Waals surface area (Å²) in [5, 5.41) is 10.3. The van der Waals surface area contributed by atoms with E-state index in [1.807, 2.05) is 31.2 Å². The zero-order chi connectivity index (χ0) is 36.8. The Morgan fingerprint density at radius 3 is 2.43 bits per heavy atom. The molecule has 1 unspecified atom stereocenters. The van der Waals surface area contributed by atoms with Crippen molar-refractivity contribution in [1.82, 2.24) is 4.90 Å². The number of β-lactam (4-membered cyclic amide) rings is 1. The number of nitrogens with zero attached hydrogens (tertiary/aromatic N) is 3. The minimum Gasteiger partial charge on any atom is -0.469 e. The number of hydrogen-bond donors (Lipinski definition) is 2. The van der Waals surface area contributed by atoms with Crippen LogP contribution in [0.4, 0.5) is 11.4 Å². The van der Waals surface area contributed by atoms with Crippen LogP contribution in [-0.2, 0) is 56.7 Å². The van der Waals surface area contributed by atoms with Gasteiger partial charge in [0.15, 0.2) is 20.1 Å². The second kappa shape index (κ2) is 14.1. The maximum absolute atomic E-state index is 14.8. The average molecular weight is 722 g/mol. The van der Waals surface area contributed by atoms with Gasteiger partial charge in [0.05, 0.1) is 44.4 Å². The number of unbranched alkanes of at least 4 members (excludes halogenated alkanes) is 1. The number of aliphatic hydroxyl groups excluding tert-OH is 1. The molecule has 2 aromatic rings. The van der Waals surface area contributed by atoms with E-state index < -0.39 is 49.7 Å². The van der Waals surface area contributed by atoms with E-state index in [4.69, 9.17) is 14.2 Å². The van der Waals surface area contributed by atoms with Gasteiger partial charge in [0, 0.05) is 49.1 Å². The first-order valence-electron chi connectivity index (χ1n) is 17.6. The standard InChI is InChI=1S/C37H47N3O10Si/c1-22-35(51(4,5)47)30(18-31(43)39-20-25-11-7-6-10-24(25)16-27(39)21-41)50-37(22)28-17-26(40-32(44)19-33(40)49-23(2)42)13-14-29(28)38(36(37)46)15-9-8-12-34(45)48-3/h6-7,10-11,13-14,17,22,27,30,33,35,41,47H,8-9,12,15-16,18-21H2,1-5H3/t22-,27-,30+,33?,35-,37+/m0/s1. The monoisotopic (exact) mass is 721 g/mol. The van der Waals surface area contributed by atoms with Gasteiger partial charge >= 0.3 is 11.9 Å². The van der Waals surface area contributed by atoms with Gasteiger partial charge in [0.1, 0.15) is 0 Å². The highest BCUT2D eigenvalue weighted by molar-refractivity contribution is 6.71. The number of hydrogen-bond acceptors (Lipinski definition) is 10. The first-order chi connectivity index (χ1) is 24.2. The molecule has 2 N–H and O–H groups in total. The molecule has 51 heavy (non-hydrogen) atoms. The molecule has 2 saturated heterocycles. The highest BCUT2D eigenvalue weighted by atomic mass is 28.4. The van der Waals surface area contributed by atoms with Crippen molar-refractivity contribution < 1.29 is 48.1 Å². The highest BCUT2D eigenvalue weighted by Gasteiger charge is 2.66. The number of carbonyl (C=O) groups excluding carboxylic acids is 5. The number of esters is 2. The summed E-state index contributed by atoms with van der Waals surface area (Å²) in [6.45, 7) is 7.11. The lowest BCUT2D eigenvalue weighted by atomic mass is 9.82. The molecule has 2 aromatic carbocycles. The van der Waals surface area contributed by atoms with Gasteiger partial charge in [-0.25, -0.2) is 0 Å². The normalized spacial score (nSPS) is 27.0. The van der Waals surface area contributed by atoms with Crippen molar-refractivity contribution in [3.05, 3.63) is 59.2 Å². The van der Waals surface area contributed by atoms with Crippen molar-refractivity contribution in [2.24, 2.45) is 5.92 Å². The Hall–Kier alpha value is -4.11. The quantitative estimate of drug-likeness (QED) is 0.153. The smallest absolute Gasteiger partial charge is 0.305 e. The maximum Gasteiger partial charge on any atom is 0.305 e. The van der Waals surface area contributed by atoms with Crippen LogP contribution in [0, 0.1) is 5.92 Å². The number of ether oxygens (including phenoxy) is 3. The number of rotatable bonds is 11. The third-order valence-corrected chi connectivity index (χ3v) is 13.5. The third kappa shape index (κ3) is 6.58. The van der Waals surface area contributed by atoms with Gasteiger partial charge in [-0.1, -0.05) is 31.2 Å². The number of carbonyl (C=O) groups is 5. The van der Waals surface area contributed by atoms with Crippen molar-refractivity contribution in [2.75, 3.05) is 30.1 Å². The van der Waals surface area contributed by atoms with Gasteiger partial charge in [0.25, 0.3) is 5.91 Å². The molecule has 0 aliphatic carbocycles. The Balaban J connectivity index is 1.36. The van der Waals surface area contributed by atoms with Crippen LogP contribution in [0.5, 0.6) is 0 Å². The summed E-state index contributed by atoms with van der Waals surface area (Å²) >= 11 is 0. The molecule has 274 valence electrons. The van der Waals surface area contributed by atoms with Crippen LogP contribution in [-0.4, -0.2) is 91.4 Å². The number of anilines is 2. The van der Waals surface area contributed by atoms with Gasteiger partial charge in [0.2, 0.25) is 11.8 Å². The van der Waals surface area contributed by atoms with E-state index in [0.29, 0.717) is 42.7 Å². The molecule has 1 spiro atoms. The molecule has 14 heteroatoms. The van der Waals surface area contributed by atoms with Gasteiger partial charge in [-0.15, -0.1) is 0 Å². The number of methoxy groups -OCH3 is 1. The fourth-order valence-electron chi connectivity index (χ4n) is 8.59. The molecule has 6 rings (SSSR count). The zero-order valence-corrected chi connectivity index (χ0v) is 30.8. The molecule has 6 atom stereocenters. The Kier molecular flexibility index (Phi) is 10.2. The molecular formula is C37H47N3O10Si. The first kappa shape index (κ1) is 36.7. The molecule has 4 heterocycles. The lowest BCUT2D eigenvalue weighted by Crippen LogP contribution is -2.55. The highest BCUT2D eigenvalue weighted by Crippen LogP contribution is 2.60. The summed E-state index contributed by atoms with van der Waals surface area (Å²) in [7, 11) is -1.80. The largest absolute Gasteiger partial charge is 0.469 e. The molecule has 0 radical (unpaired) electrons. The Labute approximate surface area is 298 Å². The number of fused-ring (bicyclic) bond motifs is 3. The summed E-state index contributed by atoms with van der Waals surface area (Å²) < 4.78 is 17.1. The van der Waals surface area contributed by atoms with Gasteiger partial charge < -0.3 is 33.9 Å². The molecule has 0 saturated carbocycles. The fourth-order valence-corrected chi connectivity index (χ4v) is 11.1. The first-order valence-corrected chi connectivity index (χ1v) is 20.6. The maximum atomic E-state index is 14.8. The van der Waals surface area contributed by atoms with E-state index in [1.54, 1.807) is 41.1 Å². The van der Waals surface area contributed by atoms with Crippen LogP contribution in [0.1, 0.15) is 62.6 Å². The third-order valence-electron chi connectivity index (χ3n) is 11.0. The van der Waals surface area contributed by atoms with E-state index in [2.05, 4.69) is 0 Å². The van der Waals surface area contributed by atoms with E-state index >= 15 is 0 Å². The van der Waals surface area contributed by atoms with Gasteiger partial charge in [-0.3, -0.25) is 28.9 Å². The molecule has 13 nitrogen and oxygen atoms in total. The molecule has 4 aliphatic heterocycles. The Morgan fingerprint density at radius 1 is 1.06 bits per heavy atom. The van der Waals surface area contributed by atoms with Crippen molar-refractivity contribution in [3.63, 3.8) is 0 Å². The molecule has 0 bridgehead atoms. The lowest BCUT2D eigenvalue weighted by Gasteiger charge is -2.39. The van der Waals surface area contributed by atoms with Crippen LogP contribution >= 0.6 is 0 Å². The van der Waals surface area contributed by atoms with Crippen LogP contribution in [0.15, 0.2) is 42.5 Å². The van der Waals surface area contributed by atoms with E-state index in [-0.39, 0.29) is 56.1 Å². The summed E-state index contributed by atoms with van der Waals surface area (Å²) in [6, 6.07) is 12.6. The van der Waals surface area contributed by atoms with Crippen LogP contribution in [0.25, 0.3) is 0 Å². The van der Waals surface area contributed by atoms with E-state index in [1.165, 1.54) is 18.9 Å². The SMILES string of the molecule is COC(=O)CCCCN1C(=O)[C@]2(O[C@H](CC(=O)N3Cc4ccccc4C[C@H]3CO)[C@@H]([Si](C)(C)O)[C@@H]2C)c2cc(N3C(=O)CC3OC(C)=O)ccc21. The average Bonchev–Trinajstić information content (AvgIpc) is 3.50. The van der Waals surface area contributed by atoms with Crippen LogP contribution < -0.4 is 9.80 Å². The second-order valence-electron chi connectivity index (χ2n) is 14.6. The minimum absolute atomic E-state index is 0.0341. The zero-order valence-electron chi connectivity index (χ0n) is 29.8. The number of aliphatic hydroxyl groups is 1. The topological polar surface area (TPSA) is 163 Å². The molecule has 3 amide bonds. The predicted octanol–water partition coefficient (Wildman–Crippen LogP) is 3.14. The van der Waals surface area contributed by atoms with Gasteiger partial charge in [-0.05, 0) is 61.7 Å². The Bertz CT molecular complexity index is 1730. The lowest BCUT2D eigenvalue weighted by molar-refractivity contribution is -0.154. The molecule has 0 aromatic heterocycles. The van der Waals surface area contributed by atoms with Crippen LogP contribution in [0.3, 0.4) is 0 Å². The number of benzene rings is 2. The summed E-state index contributed by atoms with van der Waals surface area (Å²) in [5.41, 5.74) is 1.47. The fraction of sp³-hybridized carbons (Fsp3) is 0.541. The van der Waals surface area contributed by atoms with Crippen LogP contribution in [0.2, 0.25) is 18.6 Å². The van der Waals surface area contributed by atoms with Crippen molar-refractivity contribution in [3.8, 4) is 0 Å². The van der Waals surface area contributed by atoms with Crippen molar-refractivity contribution in [2.45, 2.75) is 102 Å². The summed E-state index contributed by atoms with van der Waals surface area (Å²) in [5.74, 6) is -2.27. The molecular weight excluding hydrogens is 675 g/mol. The summed E-state index contributed by atoms with van der Waals surface area (Å²) in [6.07, 6.45) is 0.0139. The van der Waals surface area contributed by atoms with Crippen molar-refractivity contribution >= 4 is 49.4 Å². The molecule has 4 aliphatic rings.